The zero-order valence-corrected chi connectivity index (χ0v) is 17.0. The lowest BCUT2D eigenvalue weighted by atomic mass is 10.1. The monoisotopic (exact) mass is 431 g/mol. The molecule has 2 aromatic carbocycles. The Morgan fingerprint density at radius 2 is 2.07 bits per heavy atom. The van der Waals surface area contributed by atoms with Gasteiger partial charge in [0.1, 0.15) is 12.4 Å². The van der Waals surface area contributed by atoms with Crippen LogP contribution in [0.3, 0.4) is 0 Å². The second-order valence-electron chi connectivity index (χ2n) is 6.08. The highest BCUT2D eigenvalue weighted by Gasteiger charge is 2.26. The molecule has 0 saturated carbocycles. The van der Waals surface area contributed by atoms with E-state index in [1.165, 1.54) is 36.8 Å². The third kappa shape index (κ3) is 3.76. The quantitative estimate of drug-likeness (QED) is 0.619. The predicted octanol–water partition coefficient (Wildman–Crippen LogP) is 3.26. The number of hydrogen-bond acceptors (Lipinski definition) is 8. The first-order valence-electron chi connectivity index (χ1n) is 8.63. The van der Waals surface area contributed by atoms with E-state index >= 15 is 0 Å². The van der Waals surface area contributed by atoms with Gasteiger partial charge in [-0.3, -0.25) is 4.72 Å². The van der Waals surface area contributed by atoms with Crippen molar-refractivity contribution in [2.24, 2.45) is 0 Å². The first kappa shape index (κ1) is 19.2. The largest absolute Gasteiger partial charge is 0.489 e. The standard InChI is InChI=1S/C19H17N3O5S2/c1-26-18(23)14-4-2-3-5-15(14)22-9-10-27-17-12-13(6-7-16(17)22)29(24,25)21-19-20-8-11-28-19/h2-8,11-12H,9-10H2,1H3,(H,20,21). The molecule has 8 nitrogen and oxygen atoms in total. The molecule has 1 aliphatic rings. The van der Waals surface area contributed by atoms with E-state index in [1.54, 1.807) is 23.6 Å². The van der Waals surface area contributed by atoms with E-state index in [1.807, 2.05) is 17.0 Å². The van der Waals surface area contributed by atoms with Gasteiger partial charge in [0.2, 0.25) is 0 Å². The van der Waals surface area contributed by atoms with Gasteiger partial charge in [-0.2, -0.15) is 0 Å². The maximum Gasteiger partial charge on any atom is 0.339 e. The Morgan fingerprint density at radius 3 is 2.83 bits per heavy atom. The Bertz CT molecular complexity index is 1150. The first-order valence-corrected chi connectivity index (χ1v) is 11.0. The number of carbonyl (C=O) groups is 1. The Balaban J connectivity index is 1.71. The summed E-state index contributed by atoms with van der Waals surface area (Å²) in [5, 5.41) is 1.97. The van der Waals surface area contributed by atoms with Crippen LogP contribution in [-0.2, 0) is 14.8 Å². The summed E-state index contributed by atoms with van der Waals surface area (Å²) >= 11 is 1.19. The van der Waals surface area contributed by atoms with Gasteiger partial charge in [-0.15, -0.1) is 11.3 Å². The molecule has 1 N–H and O–H groups in total. The number of nitrogens with one attached hydrogen (secondary N) is 1. The van der Waals surface area contributed by atoms with E-state index in [-0.39, 0.29) is 10.0 Å². The molecule has 0 spiro atoms. The lowest BCUT2D eigenvalue weighted by molar-refractivity contribution is 0.0601. The number of anilines is 3. The average Bonchev–Trinajstić information content (AvgIpc) is 3.24. The average molecular weight is 431 g/mol. The third-order valence-corrected chi connectivity index (χ3v) is 6.51. The van der Waals surface area contributed by atoms with Gasteiger partial charge in [0, 0.05) is 17.6 Å². The molecular weight excluding hydrogens is 414 g/mol. The fourth-order valence-electron chi connectivity index (χ4n) is 3.06. The Hall–Kier alpha value is -3.11. The summed E-state index contributed by atoms with van der Waals surface area (Å²) in [6.07, 6.45) is 1.52. The number of ether oxygens (including phenoxy) is 2. The fourth-order valence-corrected chi connectivity index (χ4v) is 4.86. The van der Waals surface area contributed by atoms with Crippen LogP contribution >= 0.6 is 11.3 Å². The highest BCUT2D eigenvalue weighted by molar-refractivity contribution is 7.93. The lowest BCUT2D eigenvalue weighted by Gasteiger charge is -2.32. The molecule has 0 bridgehead atoms. The van der Waals surface area contributed by atoms with Crippen molar-refractivity contribution in [2.45, 2.75) is 4.90 Å². The number of methoxy groups -OCH3 is 1. The van der Waals surface area contributed by atoms with Crippen molar-refractivity contribution in [3.8, 4) is 5.75 Å². The number of hydrogen-bond donors (Lipinski definition) is 1. The normalized spacial score (nSPS) is 13.3. The number of esters is 1. The van der Waals surface area contributed by atoms with E-state index in [0.29, 0.717) is 35.8 Å². The Kier molecular flexibility index (Phi) is 5.12. The molecule has 10 heteroatoms. The van der Waals surface area contributed by atoms with Crippen molar-refractivity contribution in [3.05, 3.63) is 59.6 Å². The first-order chi connectivity index (χ1) is 14.0. The molecule has 3 aromatic rings. The number of para-hydroxylation sites is 1. The van der Waals surface area contributed by atoms with Crippen LogP contribution < -0.4 is 14.4 Å². The summed E-state index contributed by atoms with van der Waals surface area (Å²) in [7, 11) is -2.47. The summed E-state index contributed by atoms with van der Waals surface area (Å²) in [6.45, 7) is 0.844. The molecule has 0 saturated heterocycles. The smallest absolute Gasteiger partial charge is 0.339 e. The van der Waals surface area contributed by atoms with Crippen molar-refractivity contribution in [1.29, 1.82) is 0 Å². The van der Waals surface area contributed by atoms with E-state index in [9.17, 15) is 13.2 Å². The zero-order valence-electron chi connectivity index (χ0n) is 15.4. The number of rotatable bonds is 5. The number of aromatic nitrogens is 1. The molecule has 0 radical (unpaired) electrons. The number of thiazole rings is 1. The lowest BCUT2D eigenvalue weighted by Crippen LogP contribution is -2.30. The predicted molar refractivity (Wildman–Crippen MR) is 110 cm³/mol. The van der Waals surface area contributed by atoms with Crippen molar-refractivity contribution >= 4 is 43.8 Å². The van der Waals surface area contributed by atoms with Gasteiger partial charge in [0.05, 0.1) is 35.5 Å². The molecule has 0 unspecified atom stereocenters. The molecule has 0 aliphatic carbocycles. The van der Waals surface area contributed by atoms with Gasteiger partial charge < -0.3 is 14.4 Å². The minimum Gasteiger partial charge on any atom is -0.489 e. The van der Waals surface area contributed by atoms with Crippen LogP contribution in [0.4, 0.5) is 16.5 Å². The third-order valence-electron chi connectivity index (χ3n) is 4.36. The highest BCUT2D eigenvalue weighted by Crippen LogP contribution is 2.39. The molecule has 0 atom stereocenters. The van der Waals surface area contributed by atoms with Crippen LogP contribution in [0.5, 0.6) is 5.75 Å². The fraction of sp³-hybridized carbons (Fsp3) is 0.158. The Morgan fingerprint density at radius 1 is 1.24 bits per heavy atom. The van der Waals surface area contributed by atoms with E-state index in [2.05, 4.69) is 9.71 Å². The van der Waals surface area contributed by atoms with E-state index in [0.717, 1.165) is 0 Å². The minimum absolute atomic E-state index is 0.0644. The molecule has 150 valence electrons. The van der Waals surface area contributed by atoms with Crippen LogP contribution in [0, 0.1) is 0 Å². The second-order valence-corrected chi connectivity index (χ2v) is 8.66. The molecular formula is C19H17N3O5S2. The molecule has 4 rings (SSSR count). The molecule has 2 heterocycles. The van der Waals surface area contributed by atoms with E-state index in [4.69, 9.17) is 9.47 Å². The van der Waals surface area contributed by atoms with Gasteiger partial charge in [0.15, 0.2) is 5.13 Å². The summed E-state index contributed by atoms with van der Waals surface area (Å²) in [5.74, 6) is -0.0292. The van der Waals surface area contributed by atoms with E-state index < -0.39 is 16.0 Å². The van der Waals surface area contributed by atoms with Crippen molar-refractivity contribution < 1.29 is 22.7 Å². The summed E-state index contributed by atoms with van der Waals surface area (Å²) < 4.78 is 38.3. The van der Waals surface area contributed by atoms with Gasteiger partial charge in [-0.1, -0.05) is 12.1 Å². The van der Waals surface area contributed by atoms with Crippen LogP contribution in [0.1, 0.15) is 10.4 Å². The maximum atomic E-state index is 12.6. The topological polar surface area (TPSA) is 97.8 Å². The van der Waals surface area contributed by atoms with Gasteiger partial charge in [-0.05, 0) is 24.3 Å². The van der Waals surface area contributed by atoms with Crippen LogP contribution in [-0.4, -0.2) is 39.6 Å². The summed E-state index contributed by atoms with van der Waals surface area (Å²) in [5.41, 5.74) is 1.76. The van der Waals surface area contributed by atoms with Gasteiger partial charge in [-0.25, -0.2) is 18.2 Å². The molecule has 29 heavy (non-hydrogen) atoms. The van der Waals surface area contributed by atoms with Crippen molar-refractivity contribution in [2.75, 3.05) is 29.9 Å². The van der Waals surface area contributed by atoms with Crippen LogP contribution in [0.2, 0.25) is 0 Å². The number of sulfonamides is 1. The molecule has 1 aliphatic heterocycles. The second kappa shape index (κ2) is 7.72. The number of carbonyl (C=O) groups excluding carboxylic acids is 1. The number of fused-ring (bicyclic) bond motifs is 1. The number of nitrogens with zero attached hydrogens (tertiary/aromatic N) is 2. The SMILES string of the molecule is COC(=O)c1ccccc1N1CCOc2cc(S(=O)(=O)Nc3nccs3)ccc21. The highest BCUT2D eigenvalue weighted by atomic mass is 32.2. The zero-order chi connectivity index (χ0) is 20.4. The Labute approximate surface area is 171 Å². The summed E-state index contributed by atoms with van der Waals surface area (Å²) in [4.78, 5) is 18.1. The number of benzene rings is 2. The van der Waals surface area contributed by atoms with Crippen LogP contribution in [0.25, 0.3) is 0 Å². The summed E-state index contributed by atoms with van der Waals surface area (Å²) in [6, 6.07) is 11.7. The van der Waals surface area contributed by atoms with Crippen LogP contribution in [0.15, 0.2) is 58.9 Å². The molecule has 0 amide bonds. The molecule has 0 fully saturated rings. The van der Waals surface area contributed by atoms with Crippen molar-refractivity contribution in [3.63, 3.8) is 0 Å². The maximum absolute atomic E-state index is 12.6. The van der Waals surface area contributed by atoms with Crippen molar-refractivity contribution in [1.82, 2.24) is 4.98 Å². The molecule has 1 aromatic heterocycles. The minimum atomic E-state index is -3.80. The van der Waals surface area contributed by atoms with Gasteiger partial charge >= 0.3 is 5.97 Å². The van der Waals surface area contributed by atoms with Gasteiger partial charge in [0.25, 0.3) is 10.0 Å².